The monoisotopic (exact) mass is 432 g/mol. The lowest BCUT2D eigenvalue weighted by molar-refractivity contribution is -0.387. The second-order valence-electron chi connectivity index (χ2n) is 10.3. The van der Waals surface area contributed by atoms with Crippen molar-refractivity contribution in [2.24, 2.45) is 23.2 Å². The highest BCUT2D eigenvalue weighted by Crippen LogP contribution is 2.62. The molecule has 0 unspecified atom stereocenters. The van der Waals surface area contributed by atoms with Gasteiger partial charge in [0.1, 0.15) is 0 Å². The molecular formula is C22H28N2O5S. The van der Waals surface area contributed by atoms with Gasteiger partial charge in [0.25, 0.3) is 5.69 Å². The fourth-order valence-electron chi connectivity index (χ4n) is 7.13. The maximum atomic E-state index is 13.5. The third-order valence-corrected chi connectivity index (χ3v) is 9.71. The predicted octanol–water partition coefficient (Wildman–Crippen LogP) is 3.97. The van der Waals surface area contributed by atoms with Gasteiger partial charge in [-0.05, 0) is 87.0 Å². The molecule has 0 spiro atoms. The Bertz CT molecular complexity index is 963. The average molecular weight is 433 g/mol. The van der Waals surface area contributed by atoms with Crippen molar-refractivity contribution in [2.45, 2.75) is 74.6 Å². The lowest BCUT2D eigenvalue weighted by Gasteiger charge is -2.57. The van der Waals surface area contributed by atoms with E-state index in [1.165, 1.54) is 43.5 Å². The minimum Gasteiger partial charge on any atom is -0.298 e. The minimum atomic E-state index is -4.18. The summed E-state index contributed by atoms with van der Waals surface area (Å²) in [6.07, 6.45) is 9.33. The van der Waals surface area contributed by atoms with Crippen molar-refractivity contribution in [1.82, 2.24) is 4.72 Å². The van der Waals surface area contributed by atoms with E-state index in [1.54, 1.807) is 0 Å². The van der Waals surface area contributed by atoms with Crippen LogP contribution in [-0.2, 0) is 14.8 Å². The van der Waals surface area contributed by atoms with Gasteiger partial charge in [0.15, 0.2) is 10.7 Å². The standard InChI is InChI=1S/C22H28N2O5S/c25-20(14-21-11-15-8-16(12-21)10-17(9-15)13-21)22(6-3-7-22)23-30(28,29)19-5-2-1-4-18(19)24(26)27/h1-2,4-5,15-17,23H,3,6-14H2. The number of nitro benzene ring substituents is 1. The Labute approximate surface area is 176 Å². The van der Waals surface area contributed by atoms with Gasteiger partial charge in [-0.25, -0.2) is 8.42 Å². The van der Waals surface area contributed by atoms with Gasteiger partial charge < -0.3 is 0 Å². The van der Waals surface area contributed by atoms with E-state index in [0.717, 1.165) is 43.4 Å². The maximum absolute atomic E-state index is 13.5. The van der Waals surface area contributed by atoms with Crippen LogP contribution in [0, 0.1) is 33.3 Å². The summed E-state index contributed by atoms with van der Waals surface area (Å²) in [5.74, 6) is 2.16. The molecule has 0 amide bonds. The summed E-state index contributed by atoms with van der Waals surface area (Å²) >= 11 is 0. The summed E-state index contributed by atoms with van der Waals surface area (Å²) in [6, 6.07) is 5.32. The molecule has 4 bridgehead atoms. The van der Waals surface area contributed by atoms with Gasteiger partial charge in [0, 0.05) is 12.5 Å². The lowest BCUT2D eigenvalue weighted by Crippen LogP contribution is -2.60. The average Bonchev–Trinajstić information content (AvgIpc) is 2.63. The van der Waals surface area contributed by atoms with Crippen molar-refractivity contribution in [3.05, 3.63) is 34.4 Å². The van der Waals surface area contributed by atoms with E-state index < -0.39 is 26.2 Å². The molecule has 30 heavy (non-hydrogen) atoms. The number of sulfonamides is 1. The predicted molar refractivity (Wildman–Crippen MR) is 110 cm³/mol. The molecule has 5 saturated carbocycles. The minimum absolute atomic E-state index is 0.0159. The Hall–Kier alpha value is -1.80. The van der Waals surface area contributed by atoms with Gasteiger partial charge in [0.05, 0.1) is 10.5 Å². The van der Waals surface area contributed by atoms with E-state index in [0.29, 0.717) is 19.3 Å². The Balaban J connectivity index is 1.38. The number of hydrogen-bond acceptors (Lipinski definition) is 5. The molecule has 7 nitrogen and oxygen atoms in total. The van der Waals surface area contributed by atoms with Gasteiger partial charge in [-0.2, -0.15) is 4.72 Å². The molecule has 0 aromatic heterocycles. The SMILES string of the molecule is O=C(CC12CC3CC(CC(C3)C1)C2)C1(NS(=O)(=O)c2ccccc2[N+](=O)[O-])CCC1. The number of hydrogen-bond donors (Lipinski definition) is 1. The number of nitro groups is 1. The number of nitrogens with zero attached hydrogens (tertiary/aromatic N) is 1. The Kier molecular flexibility index (Phi) is 4.60. The molecule has 0 saturated heterocycles. The molecule has 162 valence electrons. The number of rotatable bonds is 7. The summed E-state index contributed by atoms with van der Waals surface area (Å²) in [5, 5.41) is 11.3. The van der Waals surface area contributed by atoms with Crippen LogP contribution in [0.3, 0.4) is 0 Å². The fourth-order valence-corrected chi connectivity index (χ4v) is 8.75. The van der Waals surface area contributed by atoms with Gasteiger partial charge in [-0.15, -0.1) is 0 Å². The maximum Gasteiger partial charge on any atom is 0.289 e. The number of Topliss-reactive ketones (excluding diaryl/α,β-unsaturated/α-hetero) is 1. The molecule has 6 rings (SSSR count). The molecule has 5 aliphatic rings. The summed E-state index contributed by atoms with van der Waals surface area (Å²) in [7, 11) is -4.18. The van der Waals surface area contributed by atoms with E-state index in [4.69, 9.17) is 0 Å². The molecule has 1 aromatic rings. The van der Waals surface area contributed by atoms with Gasteiger partial charge in [-0.1, -0.05) is 12.1 Å². The second kappa shape index (κ2) is 6.85. The van der Waals surface area contributed by atoms with Crippen LogP contribution < -0.4 is 4.72 Å². The number of nitrogens with one attached hydrogen (secondary N) is 1. The first-order valence-corrected chi connectivity index (χ1v) is 12.5. The molecule has 1 N–H and O–H groups in total. The first kappa shape index (κ1) is 20.1. The Morgan fingerprint density at radius 1 is 1.07 bits per heavy atom. The first-order chi connectivity index (χ1) is 14.2. The molecule has 0 radical (unpaired) electrons. The fraction of sp³-hybridized carbons (Fsp3) is 0.682. The van der Waals surface area contributed by atoms with Crippen molar-refractivity contribution in [2.75, 3.05) is 0 Å². The zero-order valence-electron chi connectivity index (χ0n) is 17.0. The van der Waals surface area contributed by atoms with Crippen LogP contribution >= 0.6 is 0 Å². The second-order valence-corrected chi connectivity index (χ2v) is 11.9. The van der Waals surface area contributed by atoms with Crippen molar-refractivity contribution >= 4 is 21.5 Å². The zero-order valence-corrected chi connectivity index (χ0v) is 17.8. The Morgan fingerprint density at radius 2 is 1.63 bits per heavy atom. The molecule has 0 atom stereocenters. The van der Waals surface area contributed by atoms with Crippen molar-refractivity contribution in [1.29, 1.82) is 0 Å². The van der Waals surface area contributed by atoms with E-state index >= 15 is 0 Å². The number of carbonyl (C=O) groups is 1. The summed E-state index contributed by atoms with van der Waals surface area (Å²) in [5.41, 5.74) is -1.53. The van der Waals surface area contributed by atoms with Crippen LogP contribution in [0.2, 0.25) is 0 Å². The highest BCUT2D eigenvalue weighted by molar-refractivity contribution is 7.89. The van der Waals surface area contributed by atoms with Crippen LogP contribution in [0.5, 0.6) is 0 Å². The largest absolute Gasteiger partial charge is 0.298 e. The number of benzene rings is 1. The first-order valence-electron chi connectivity index (χ1n) is 11.0. The van der Waals surface area contributed by atoms with E-state index in [9.17, 15) is 23.3 Å². The molecule has 5 fully saturated rings. The summed E-state index contributed by atoms with van der Waals surface area (Å²) in [6.45, 7) is 0. The smallest absolute Gasteiger partial charge is 0.289 e. The number of para-hydroxylation sites is 1. The van der Waals surface area contributed by atoms with Crippen LogP contribution in [0.15, 0.2) is 29.2 Å². The van der Waals surface area contributed by atoms with Crippen LogP contribution in [0.25, 0.3) is 0 Å². The van der Waals surface area contributed by atoms with Gasteiger partial charge in [0.2, 0.25) is 10.0 Å². The molecule has 1 aromatic carbocycles. The lowest BCUT2D eigenvalue weighted by atomic mass is 9.48. The highest BCUT2D eigenvalue weighted by atomic mass is 32.2. The van der Waals surface area contributed by atoms with Crippen molar-refractivity contribution < 1.29 is 18.1 Å². The molecule has 0 aliphatic heterocycles. The van der Waals surface area contributed by atoms with Gasteiger partial charge in [-0.3, -0.25) is 14.9 Å². The topological polar surface area (TPSA) is 106 Å². The van der Waals surface area contributed by atoms with Crippen molar-refractivity contribution in [3.8, 4) is 0 Å². The van der Waals surface area contributed by atoms with E-state index in [2.05, 4.69) is 4.72 Å². The quantitative estimate of drug-likeness (QED) is 0.518. The van der Waals surface area contributed by atoms with Crippen LogP contribution in [-0.4, -0.2) is 24.7 Å². The molecule has 0 heterocycles. The third kappa shape index (κ3) is 3.28. The third-order valence-electron chi connectivity index (χ3n) is 8.12. The summed E-state index contributed by atoms with van der Waals surface area (Å²) in [4.78, 5) is 23.7. The number of carbonyl (C=O) groups excluding carboxylic acids is 1. The van der Waals surface area contributed by atoms with E-state index in [1.807, 2.05) is 0 Å². The van der Waals surface area contributed by atoms with Crippen LogP contribution in [0.4, 0.5) is 5.69 Å². The Morgan fingerprint density at radius 3 is 2.13 bits per heavy atom. The van der Waals surface area contributed by atoms with Gasteiger partial charge >= 0.3 is 0 Å². The summed E-state index contributed by atoms with van der Waals surface area (Å²) < 4.78 is 28.8. The van der Waals surface area contributed by atoms with Crippen LogP contribution in [0.1, 0.15) is 64.2 Å². The molecule has 8 heteroatoms. The number of ketones is 1. The molecular weight excluding hydrogens is 404 g/mol. The van der Waals surface area contributed by atoms with E-state index in [-0.39, 0.29) is 16.1 Å². The zero-order chi connectivity index (χ0) is 21.1. The highest BCUT2D eigenvalue weighted by Gasteiger charge is 2.55. The van der Waals surface area contributed by atoms with Crippen molar-refractivity contribution in [3.63, 3.8) is 0 Å². The normalized spacial score (nSPS) is 33.8. The molecule has 5 aliphatic carbocycles.